The summed E-state index contributed by atoms with van der Waals surface area (Å²) in [5.74, 6) is -4.81. The van der Waals surface area contributed by atoms with E-state index >= 15 is 0 Å². The van der Waals surface area contributed by atoms with Crippen LogP contribution in [0.3, 0.4) is 0 Å². The van der Waals surface area contributed by atoms with Crippen molar-refractivity contribution in [2.45, 2.75) is 33.1 Å². The fraction of sp³-hybridized carbons (Fsp3) is 0.259. The molecule has 0 radical (unpaired) electrons. The predicted octanol–water partition coefficient (Wildman–Crippen LogP) is 4.09. The number of hydrogen-bond acceptors (Lipinski definition) is 6. The Morgan fingerprint density at radius 1 is 0.727 bits per heavy atom. The molecule has 2 atom stereocenters. The average Bonchev–Trinajstić information content (AvgIpc) is 3.21. The number of rotatable bonds is 7. The topological polar surface area (TPSA) is 102 Å². The minimum Gasteiger partial charge on any atom is -0.299 e. The zero-order chi connectivity index (χ0) is 24.0. The molecular weight excluding hydrogens is 420 g/mol. The van der Waals surface area contributed by atoms with Gasteiger partial charge in [-0.15, -0.1) is 0 Å². The quantitative estimate of drug-likeness (QED) is 0.473. The summed E-state index contributed by atoms with van der Waals surface area (Å²) >= 11 is 0. The number of allylic oxidation sites excluding steroid dienone is 1. The lowest BCUT2D eigenvalue weighted by Crippen LogP contribution is -2.24. The van der Waals surface area contributed by atoms with E-state index in [2.05, 4.69) is 6.58 Å². The van der Waals surface area contributed by atoms with E-state index in [0.717, 1.165) is 0 Å². The molecule has 0 saturated heterocycles. The summed E-state index contributed by atoms with van der Waals surface area (Å²) in [4.78, 5) is 75.6. The fourth-order valence-electron chi connectivity index (χ4n) is 4.57. The van der Waals surface area contributed by atoms with E-state index < -0.39 is 35.0 Å². The smallest absolute Gasteiger partial charge is 0.193 e. The highest BCUT2D eigenvalue weighted by molar-refractivity contribution is 6.36. The van der Waals surface area contributed by atoms with Crippen molar-refractivity contribution in [3.8, 4) is 0 Å². The third kappa shape index (κ3) is 3.42. The van der Waals surface area contributed by atoms with Crippen LogP contribution in [0.25, 0.3) is 5.57 Å². The Bertz CT molecular complexity index is 1300. The highest BCUT2D eigenvalue weighted by atomic mass is 16.2. The fourth-order valence-corrected chi connectivity index (χ4v) is 4.57. The van der Waals surface area contributed by atoms with Gasteiger partial charge in [-0.1, -0.05) is 38.6 Å². The number of ketones is 6. The van der Waals surface area contributed by atoms with Crippen molar-refractivity contribution in [3.63, 3.8) is 0 Å². The number of fused-ring (bicyclic) bond motifs is 2. The number of carbonyl (C=O) groups excluding carboxylic acids is 6. The molecule has 6 nitrogen and oxygen atoms in total. The molecule has 2 aromatic carbocycles. The molecule has 0 bridgehead atoms. The van der Waals surface area contributed by atoms with Gasteiger partial charge in [-0.2, -0.15) is 0 Å². The summed E-state index contributed by atoms with van der Waals surface area (Å²) in [5.41, 5.74) is 1.87. The van der Waals surface area contributed by atoms with Crippen LogP contribution < -0.4 is 0 Å². The molecule has 6 heteroatoms. The number of benzene rings is 2. The molecule has 0 aromatic heterocycles. The maximum Gasteiger partial charge on any atom is 0.193 e. The first-order valence-corrected chi connectivity index (χ1v) is 10.9. The SMILES string of the molecule is C=C1c2ccc(C(=O)c3ccc4c(c3)C(=O)C(C(=O)CC)C4=O)cc2C(=O)C1C(=O)CCC. The van der Waals surface area contributed by atoms with Crippen molar-refractivity contribution >= 4 is 40.3 Å². The van der Waals surface area contributed by atoms with Crippen LogP contribution in [0.4, 0.5) is 0 Å². The Hall–Kier alpha value is -3.80. The first-order valence-electron chi connectivity index (χ1n) is 10.9. The zero-order valence-corrected chi connectivity index (χ0v) is 18.4. The van der Waals surface area contributed by atoms with Crippen molar-refractivity contribution in [2.75, 3.05) is 0 Å². The summed E-state index contributed by atoms with van der Waals surface area (Å²) < 4.78 is 0. The van der Waals surface area contributed by atoms with Crippen LogP contribution in [0.1, 0.15) is 85.7 Å². The Morgan fingerprint density at radius 3 is 1.82 bits per heavy atom. The maximum atomic E-state index is 13.1. The molecule has 2 aliphatic carbocycles. The van der Waals surface area contributed by atoms with Gasteiger partial charge in [-0.3, -0.25) is 28.8 Å². The van der Waals surface area contributed by atoms with Gasteiger partial charge in [0.25, 0.3) is 0 Å². The molecular formula is C27H22O6. The molecule has 33 heavy (non-hydrogen) atoms. The van der Waals surface area contributed by atoms with Gasteiger partial charge in [-0.25, -0.2) is 0 Å². The number of hydrogen-bond donors (Lipinski definition) is 0. The van der Waals surface area contributed by atoms with Gasteiger partial charge in [0.15, 0.2) is 28.9 Å². The lowest BCUT2D eigenvalue weighted by atomic mass is 9.93. The first kappa shape index (κ1) is 22.4. The molecule has 0 aliphatic heterocycles. The van der Waals surface area contributed by atoms with Crippen molar-refractivity contribution in [3.05, 3.63) is 76.4 Å². The Morgan fingerprint density at radius 2 is 1.24 bits per heavy atom. The van der Waals surface area contributed by atoms with Crippen molar-refractivity contribution < 1.29 is 28.8 Å². The van der Waals surface area contributed by atoms with Gasteiger partial charge in [0.2, 0.25) is 0 Å². The van der Waals surface area contributed by atoms with Crippen LogP contribution in [0.2, 0.25) is 0 Å². The largest absolute Gasteiger partial charge is 0.299 e. The molecule has 2 aromatic rings. The third-order valence-electron chi connectivity index (χ3n) is 6.33. The minimum atomic E-state index is -1.34. The number of carbonyl (C=O) groups is 6. The lowest BCUT2D eigenvalue weighted by Gasteiger charge is -2.07. The molecule has 0 amide bonds. The molecule has 0 heterocycles. The monoisotopic (exact) mass is 442 g/mol. The van der Waals surface area contributed by atoms with Crippen LogP contribution in [0.15, 0.2) is 43.0 Å². The molecule has 166 valence electrons. The van der Waals surface area contributed by atoms with Crippen LogP contribution in [-0.4, -0.2) is 34.7 Å². The molecule has 0 spiro atoms. The van der Waals surface area contributed by atoms with Crippen LogP contribution in [-0.2, 0) is 9.59 Å². The van der Waals surface area contributed by atoms with E-state index in [0.29, 0.717) is 17.6 Å². The average molecular weight is 442 g/mol. The van der Waals surface area contributed by atoms with E-state index in [1.54, 1.807) is 19.1 Å². The lowest BCUT2D eigenvalue weighted by molar-refractivity contribution is -0.120. The molecule has 2 aliphatic rings. The van der Waals surface area contributed by atoms with Gasteiger partial charge < -0.3 is 0 Å². The van der Waals surface area contributed by atoms with Crippen molar-refractivity contribution in [1.82, 2.24) is 0 Å². The molecule has 0 fully saturated rings. The van der Waals surface area contributed by atoms with E-state index in [9.17, 15) is 28.8 Å². The van der Waals surface area contributed by atoms with E-state index in [1.165, 1.54) is 24.3 Å². The second-order valence-electron chi connectivity index (χ2n) is 8.37. The second-order valence-corrected chi connectivity index (χ2v) is 8.37. The third-order valence-corrected chi connectivity index (χ3v) is 6.33. The summed E-state index contributed by atoms with van der Waals surface area (Å²) in [7, 11) is 0. The van der Waals surface area contributed by atoms with Gasteiger partial charge in [-0.05, 0) is 35.8 Å². The van der Waals surface area contributed by atoms with Crippen LogP contribution in [0, 0.1) is 11.8 Å². The maximum absolute atomic E-state index is 13.1. The van der Waals surface area contributed by atoms with Crippen LogP contribution in [0.5, 0.6) is 0 Å². The van der Waals surface area contributed by atoms with Gasteiger partial charge in [0.1, 0.15) is 17.6 Å². The Balaban J connectivity index is 1.67. The highest BCUT2D eigenvalue weighted by Gasteiger charge is 2.43. The van der Waals surface area contributed by atoms with Crippen LogP contribution >= 0.6 is 0 Å². The van der Waals surface area contributed by atoms with Gasteiger partial charge in [0.05, 0.1) is 0 Å². The standard InChI is InChI=1S/C27H22O6/c1-4-6-21(29)22-13(3)16-9-7-14(11-18(16)26(22)32)24(30)15-8-10-17-19(12-15)27(33)23(25(17)31)20(28)5-2/h7-12,22-23H,3-6H2,1-2H3. The van der Waals surface area contributed by atoms with E-state index in [4.69, 9.17) is 0 Å². The Labute approximate surface area is 190 Å². The van der Waals surface area contributed by atoms with Crippen molar-refractivity contribution in [2.24, 2.45) is 11.8 Å². The van der Waals surface area contributed by atoms with Crippen molar-refractivity contribution in [1.29, 1.82) is 0 Å². The molecule has 4 rings (SSSR count). The summed E-state index contributed by atoms with van der Waals surface area (Å²) in [6.45, 7) is 7.37. The normalized spacial score (nSPS) is 19.0. The zero-order valence-electron chi connectivity index (χ0n) is 18.4. The summed E-state index contributed by atoms with van der Waals surface area (Å²) in [6, 6.07) is 8.78. The first-order chi connectivity index (χ1) is 15.7. The predicted molar refractivity (Wildman–Crippen MR) is 121 cm³/mol. The Kier molecular flexibility index (Phi) is 5.62. The molecule has 2 unspecified atom stereocenters. The van der Waals surface area contributed by atoms with E-state index in [-0.39, 0.29) is 52.2 Å². The summed E-state index contributed by atoms with van der Waals surface area (Å²) in [6.07, 6.45) is 0.969. The summed E-state index contributed by atoms with van der Waals surface area (Å²) in [5, 5.41) is 0. The van der Waals surface area contributed by atoms with Gasteiger partial charge in [0, 0.05) is 40.7 Å². The van der Waals surface area contributed by atoms with Gasteiger partial charge >= 0.3 is 0 Å². The second kappa shape index (κ2) is 8.28. The molecule has 0 saturated carbocycles. The molecule has 0 N–H and O–H groups in total. The number of Topliss-reactive ketones (excluding diaryl/α,β-unsaturated/α-hetero) is 5. The minimum absolute atomic E-state index is 0.0634. The highest BCUT2D eigenvalue weighted by Crippen LogP contribution is 2.38. The van der Waals surface area contributed by atoms with E-state index in [1.807, 2.05) is 6.92 Å².